The number of nitrogens with one attached hydrogen (secondary N) is 1. The van der Waals surface area contributed by atoms with Crippen LogP contribution in [-0.2, 0) is 15.1 Å². The molecule has 0 saturated carbocycles. The summed E-state index contributed by atoms with van der Waals surface area (Å²) in [5.41, 5.74) is -3.28. The topological polar surface area (TPSA) is 102 Å². The highest BCUT2D eigenvalue weighted by atomic mass is 35.5. The van der Waals surface area contributed by atoms with E-state index in [0.29, 0.717) is 49.0 Å². The van der Waals surface area contributed by atoms with Crippen LogP contribution in [0.5, 0.6) is 0 Å². The Morgan fingerprint density at radius 1 is 0.896 bits per heavy atom. The number of likely N-dealkylation sites (tertiary alicyclic amines) is 2. The smallest absolute Gasteiger partial charge is 0.430 e. The number of piperidine rings is 2. The van der Waals surface area contributed by atoms with Crippen LogP contribution in [0.4, 0.5) is 23.7 Å². The Morgan fingerprint density at radius 3 is 2.02 bits per heavy atom. The van der Waals surface area contributed by atoms with Crippen LogP contribution in [0, 0.1) is 17.8 Å². The number of nitrogens with zero attached hydrogens (tertiary/aromatic N) is 3. The van der Waals surface area contributed by atoms with Crippen LogP contribution < -0.4 is 10.2 Å². The summed E-state index contributed by atoms with van der Waals surface area (Å²) in [6.07, 6.45) is -2.69. The number of halogens is 4. The molecule has 3 heterocycles. The largest absolute Gasteiger partial charge is 0.444 e. The zero-order valence-electron chi connectivity index (χ0n) is 27.6. The molecule has 5 rings (SSSR count). The number of hydrogen-bond acceptors (Lipinski definition) is 6. The quantitative estimate of drug-likeness (QED) is 0.378. The maximum atomic E-state index is 14.0. The van der Waals surface area contributed by atoms with E-state index in [9.17, 15) is 32.7 Å². The number of amides is 3. The fraction of sp³-hybridized carbons (Fsp3) is 0.571. The molecular formula is C35H44ClF3N4O5. The first-order valence-corrected chi connectivity index (χ1v) is 16.9. The number of benzene rings is 2. The molecule has 1 unspecified atom stereocenters. The minimum Gasteiger partial charge on any atom is -0.444 e. The van der Waals surface area contributed by atoms with Gasteiger partial charge in [-0.05, 0) is 76.5 Å². The van der Waals surface area contributed by atoms with Crippen molar-refractivity contribution >= 4 is 35.2 Å². The van der Waals surface area contributed by atoms with Gasteiger partial charge < -0.3 is 29.9 Å². The molecular weight excluding hydrogens is 649 g/mol. The summed E-state index contributed by atoms with van der Waals surface area (Å²) in [5, 5.41) is 13.8. The molecule has 48 heavy (non-hydrogen) atoms. The van der Waals surface area contributed by atoms with Crippen LogP contribution in [0.3, 0.4) is 0 Å². The van der Waals surface area contributed by atoms with Crippen LogP contribution in [-0.4, -0.2) is 90.4 Å². The first-order chi connectivity index (χ1) is 22.6. The van der Waals surface area contributed by atoms with Crippen LogP contribution in [0.25, 0.3) is 0 Å². The first-order valence-electron chi connectivity index (χ1n) is 16.5. The van der Waals surface area contributed by atoms with Gasteiger partial charge in [-0.15, -0.1) is 0 Å². The Hall–Kier alpha value is -3.51. The van der Waals surface area contributed by atoms with Gasteiger partial charge in [0.15, 0.2) is 0 Å². The molecule has 3 aliphatic rings. The fourth-order valence-corrected chi connectivity index (χ4v) is 7.23. The standard InChI is InChI=1S/C35H44ClF3N4O5/c1-33(2,3)48-32(46)40-20-23-21-43(22-23)30(44)28-10-9-27(19-29(28)36)41-15-11-24(12-16-41)25-13-17-42(18-14-25)31(45)34(47,35(37,38)39)26-7-5-4-6-8-26/h4-10,19,23-25,47H,11-18,20-22H2,1-3H3,(H,40,46). The van der Waals surface area contributed by atoms with E-state index in [1.54, 1.807) is 31.7 Å². The van der Waals surface area contributed by atoms with Crippen molar-refractivity contribution in [2.45, 2.75) is 63.8 Å². The number of aliphatic hydroxyl groups is 1. The van der Waals surface area contributed by atoms with Gasteiger partial charge in [0, 0.05) is 63.0 Å². The van der Waals surface area contributed by atoms with Crippen LogP contribution >= 0.6 is 11.6 Å². The highest BCUT2D eigenvalue weighted by molar-refractivity contribution is 6.34. The summed E-state index contributed by atoms with van der Waals surface area (Å²) in [6, 6.07) is 12.0. The molecule has 0 aromatic heterocycles. The van der Waals surface area contributed by atoms with Gasteiger partial charge in [-0.2, -0.15) is 13.2 Å². The number of carbonyl (C=O) groups excluding carboxylic acids is 3. The maximum Gasteiger partial charge on any atom is 0.430 e. The van der Waals surface area contributed by atoms with E-state index in [-0.39, 0.29) is 30.8 Å². The molecule has 0 bridgehead atoms. The number of ether oxygens (including phenoxy) is 1. The molecule has 2 aromatic carbocycles. The summed E-state index contributed by atoms with van der Waals surface area (Å²) in [6.45, 7) is 8.73. The average molecular weight is 693 g/mol. The maximum absolute atomic E-state index is 14.0. The predicted octanol–water partition coefficient (Wildman–Crippen LogP) is 5.84. The Kier molecular flexibility index (Phi) is 10.6. The zero-order chi connectivity index (χ0) is 34.9. The molecule has 2 N–H and O–H groups in total. The molecule has 3 saturated heterocycles. The normalized spacial score (nSPS) is 19.8. The summed E-state index contributed by atoms with van der Waals surface area (Å²) in [5.74, 6) is -0.686. The number of hydrogen-bond donors (Lipinski definition) is 2. The van der Waals surface area contributed by atoms with Gasteiger partial charge in [-0.25, -0.2) is 4.79 Å². The third-order valence-corrected chi connectivity index (χ3v) is 9.98. The Labute approximate surface area is 284 Å². The van der Waals surface area contributed by atoms with E-state index in [0.717, 1.165) is 48.7 Å². The molecule has 9 nitrogen and oxygen atoms in total. The molecule has 13 heteroatoms. The van der Waals surface area contributed by atoms with Gasteiger partial charge in [0.05, 0.1) is 10.6 Å². The van der Waals surface area contributed by atoms with Crippen molar-refractivity contribution in [2.24, 2.45) is 17.8 Å². The van der Waals surface area contributed by atoms with E-state index in [1.807, 2.05) is 12.1 Å². The monoisotopic (exact) mass is 692 g/mol. The Balaban J connectivity index is 1.08. The molecule has 2 aromatic rings. The Bertz CT molecular complexity index is 1460. The highest BCUT2D eigenvalue weighted by Gasteiger charge is 2.62. The lowest BCUT2D eigenvalue weighted by Gasteiger charge is -2.42. The SMILES string of the molecule is CC(C)(C)OC(=O)NCC1CN(C(=O)c2ccc(N3CCC(C4CCN(C(=O)C(O)(c5ccccc5)C(F)(F)F)CC4)CC3)cc2Cl)C1. The van der Waals surface area contributed by atoms with E-state index >= 15 is 0 Å². The van der Waals surface area contributed by atoms with Crippen molar-refractivity contribution in [1.82, 2.24) is 15.1 Å². The number of carbonyl (C=O) groups is 3. The average Bonchev–Trinajstić information content (AvgIpc) is 3.02. The van der Waals surface area contributed by atoms with Gasteiger partial charge in [0.2, 0.25) is 0 Å². The molecule has 0 radical (unpaired) electrons. The highest BCUT2D eigenvalue weighted by Crippen LogP contribution is 2.42. The second kappa shape index (κ2) is 14.2. The summed E-state index contributed by atoms with van der Waals surface area (Å²) < 4.78 is 47.4. The minimum absolute atomic E-state index is 0.144. The summed E-state index contributed by atoms with van der Waals surface area (Å²) in [7, 11) is 0. The lowest BCUT2D eigenvalue weighted by molar-refractivity contribution is -0.262. The Morgan fingerprint density at radius 2 is 1.48 bits per heavy atom. The van der Waals surface area contributed by atoms with Crippen molar-refractivity contribution in [3.8, 4) is 0 Å². The van der Waals surface area contributed by atoms with Crippen LogP contribution in [0.1, 0.15) is 62.4 Å². The second-order valence-electron chi connectivity index (χ2n) is 14.2. The number of alkyl carbamates (subject to hydrolysis) is 1. The van der Waals surface area contributed by atoms with Gasteiger partial charge in [0.1, 0.15) is 5.60 Å². The molecule has 3 aliphatic heterocycles. The van der Waals surface area contributed by atoms with Gasteiger partial charge in [-0.3, -0.25) is 9.59 Å². The van der Waals surface area contributed by atoms with E-state index in [4.69, 9.17) is 16.3 Å². The third-order valence-electron chi connectivity index (χ3n) is 9.67. The van der Waals surface area contributed by atoms with Crippen molar-refractivity contribution in [1.29, 1.82) is 0 Å². The van der Waals surface area contributed by atoms with Gasteiger partial charge in [0.25, 0.3) is 17.4 Å². The number of rotatable bonds is 7. The van der Waals surface area contributed by atoms with Crippen LogP contribution in [0.2, 0.25) is 5.02 Å². The second-order valence-corrected chi connectivity index (χ2v) is 14.6. The van der Waals surface area contributed by atoms with Crippen molar-refractivity contribution in [3.63, 3.8) is 0 Å². The van der Waals surface area contributed by atoms with Gasteiger partial charge in [-0.1, -0.05) is 41.9 Å². The number of alkyl halides is 3. The van der Waals surface area contributed by atoms with Crippen molar-refractivity contribution in [3.05, 3.63) is 64.7 Å². The zero-order valence-corrected chi connectivity index (χ0v) is 28.3. The van der Waals surface area contributed by atoms with E-state index in [1.165, 1.54) is 18.2 Å². The van der Waals surface area contributed by atoms with Crippen molar-refractivity contribution < 1.29 is 37.4 Å². The van der Waals surface area contributed by atoms with E-state index < -0.39 is 34.9 Å². The van der Waals surface area contributed by atoms with Gasteiger partial charge >= 0.3 is 12.3 Å². The summed E-state index contributed by atoms with van der Waals surface area (Å²) in [4.78, 5) is 43.2. The first kappa shape index (κ1) is 35.8. The molecule has 0 aliphatic carbocycles. The fourth-order valence-electron chi connectivity index (χ4n) is 6.97. The molecule has 262 valence electrons. The lowest BCUT2D eigenvalue weighted by atomic mass is 9.78. The molecule has 3 amide bonds. The third kappa shape index (κ3) is 7.86. The van der Waals surface area contributed by atoms with Crippen LogP contribution in [0.15, 0.2) is 48.5 Å². The number of anilines is 1. The lowest BCUT2D eigenvalue weighted by Crippen LogP contribution is -2.57. The van der Waals surface area contributed by atoms with E-state index in [2.05, 4.69) is 10.2 Å². The summed E-state index contributed by atoms with van der Waals surface area (Å²) >= 11 is 6.59. The molecule has 0 spiro atoms. The predicted molar refractivity (Wildman–Crippen MR) is 176 cm³/mol. The molecule has 3 fully saturated rings. The van der Waals surface area contributed by atoms with Crippen molar-refractivity contribution in [2.75, 3.05) is 50.7 Å². The molecule has 1 atom stereocenters. The minimum atomic E-state index is -5.15.